The van der Waals surface area contributed by atoms with Crippen LogP contribution in [0.4, 0.5) is 17.1 Å². The zero-order valence-electron chi connectivity index (χ0n) is 10.7. The number of anilines is 3. The Hall–Kier alpha value is -1.67. The number of nitrogen functional groups attached to an aromatic ring is 1. The number of rotatable bonds is 2. The van der Waals surface area contributed by atoms with Crippen LogP contribution in [-0.2, 0) is 12.8 Å². The predicted molar refractivity (Wildman–Crippen MR) is 82.2 cm³/mol. The molecule has 0 radical (unpaired) electrons. The molecule has 0 aromatic heterocycles. The largest absolute Gasteiger partial charge is 0.399 e. The topological polar surface area (TPSA) is 38.0 Å². The minimum atomic E-state index is 0.661. The summed E-state index contributed by atoms with van der Waals surface area (Å²) in [6.07, 6.45) is 4.88. The molecule has 3 heteroatoms. The fraction of sp³-hybridized carbons (Fsp3) is 0.250. The number of hydrogen-bond acceptors (Lipinski definition) is 2. The second kappa shape index (κ2) is 5.14. The second-order valence-electron chi connectivity index (χ2n) is 5.01. The standard InChI is InChI=1S/C16H17ClN2/c17-14-10-12(18)8-9-16(14)19-15-7-3-5-11-4-1-2-6-13(11)15/h3,5,7-10,19H,1-2,4,6,18H2. The summed E-state index contributed by atoms with van der Waals surface area (Å²) in [6.45, 7) is 0. The number of hydrogen-bond donors (Lipinski definition) is 2. The van der Waals surface area contributed by atoms with Crippen molar-refractivity contribution < 1.29 is 0 Å². The predicted octanol–water partition coefficient (Wildman–Crippen LogP) is 4.54. The average Bonchev–Trinajstić information content (AvgIpc) is 2.42. The molecule has 2 aromatic carbocycles. The van der Waals surface area contributed by atoms with Crippen molar-refractivity contribution in [1.82, 2.24) is 0 Å². The van der Waals surface area contributed by atoms with E-state index in [1.165, 1.54) is 36.1 Å². The van der Waals surface area contributed by atoms with Crippen molar-refractivity contribution in [2.45, 2.75) is 25.7 Å². The van der Waals surface area contributed by atoms with Crippen molar-refractivity contribution in [1.29, 1.82) is 0 Å². The lowest BCUT2D eigenvalue weighted by Crippen LogP contribution is -2.06. The summed E-state index contributed by atoms with van der Waals surface area (Å²) >= 11 is 6.22. The van der Waals surface area contributed by atoms with Gasteiger partial charge in [-0.15, -0.1) is 0 Å². The Morgan fingerprint density at radius 1 is 1.00 bits per heavy atom. The molecule has 0 heterocycles. The maximum absolute atomic E-state index is 6.22. The molecule has 0 unspecified atom stereocenters. The van der Waals surface area contributed by atoms with Crippen molar-refractivity contribution in [3.63, 3.8) is 0 Å². The van der Waals surface area contributed by atoms with Crippen LogP contribution in [-0.4, -0.2) is 0 Å². The van der Waals surface area contributed by atoms with Gasteiger partial charge in [0.2, 0.25) is 0 Å². The van der Waals surface area contributed by atoms with Gasteiger partial charge < -0.3 is 11.1 Å². The zero-order chi connectivity index (χ0) is 13.2. The molecule has 0 spiro atoms. The summed E-state index contributed by atoms with van der Waals surface area (Å²) in [5, 5.41) is 4.10. The van der Waals surface area contributed by atoms with Crippen LogP contribution in [0.25, 0.3) is 0 Å². The third-order valence-corrected chi connectivity index (χ3v) is 3.97. The van der Waals surface area contributed by atoms with E-state index in [0.717, 1.165) is 12.1 Å². The summed E-state index contributed by atoms with van der Waals surface area (Å²) in [7, 11) is 0. The first kappa shape index (κ1) is 12.4. The Morgan fingerprint density at radius 2 is 1.84 bits per heavy atom. The number of benzene rings is 2. The van der Waals surface area contributed by atoms with Gasteiger partial charge in [0, 0.05) is 11.4 Å². The van der Waals surface area contributed by atoms with Gasteiger partial charge in [0.05, 0.1) is 10.7 Å². The summed E-state index contributed by atoms with van der Waals surface area (Å²) in [5.41, 5.74) is 11.4. The minimum Gasteiger partial charge on any atom is -0.399 e. The number of fused-ring (bicyclic) bond motifs is 1. The number of nitrogens with two attached hydrogens (primary N) is 1. The van der Waals surface area contributed by atoms with Crippen molar-refractivity contribution >= 4 is 28.7 Å². The third-order valence-electron chi connectivity index (χ3n) is 3.66. The van der Waals surface area contributed by atoms with Gasteiger partial charge in [0.15, 0.2) is 0 Å². The van der Waals surface area contributed by atoms with Crippen LogP contribution in [0.5, 0.6) is 0 Å². The molecule has 0 atom stereocenters. The quantitative estimate of drug-likeness (QED) is 0.788. The molecule has 1 aliphatic rings. The normalized spacial score (nSPS) is 13.9. The van der Waals surface area contributed by atoms with Gasteiger partial charge in [-0.05, 0) is 61.1 Å². The van der Waals surface area contributed by atoms with Gasteiger partial charge >= 0.3 is 0 Å². The van der Waals surface area contributed by atoms with Crippen LogP contribution in [0, 0.1) is 0 Å². The molecule has 0 saturated carbocycles. The average molecular weight is 273 g/mol. The molecule has 19 heavy (non-hydrogen) atoms. The minimum absolute atomic E-state index is 0.661. The number of aryl methyl sites for hydroxylation is 1. The van der Waals surface area contributed by atoms with Crippen molar-refractivity contribution in [2.24, 2.45) is 0 Å². The van der Waals surface area contributed by atoms with Crippen LogP contribution in [0.2, 0.25) is 5.02 Å². The van der Waals surface area contributed by atoms with Crippen LogP contribution in [0.3, 0.4) is 0 Å². The summed E-state index contributed by atoms with van der Waals surface area (Å²) < 4.78 is 0. The van der Waals surface area contributed by atoms with E-state index in [9.17, 15) is 0 Å². The maximum atomic E-state index is 6.22. The van der Waals surface area contributed by atoms with Crippen molar-refractivity contribution in [3.8, 4) is 0 Å². The molecule has 2 aromatic rings. The van der Waals surface area contributed by atoms with Gasteiger partial charge in [0.1, 0.15) is 0 Å². The van der Waals surface area contributed by atoms with Crippen LogP contribution in [0.15, 0.2) is 36.4 Å². The lowest BCUT2D eigenvalue weighted by Gasteiger charge is -2.20. The van der Waals surface area contributed by atoms with E-state index < -0.39 is 0 Å². The van der Waals surface area contributed by atoms with E-state index in [4.69, 9.17) is 17.3 Å². The molecule has 0 amide bonds. The smallest absolute Gasteiger partial charge is 0.0661 e. The Morgan fingerprint density at radius 3 is 2.68 bits per heavy atom. The van der Waals surface area contributed by atoms with E-state index in [1.54, 1.807) is 6.07 Å². The molecule has 1 aliphatic carbocycles. The zero-order valence-corrected chi connectivity index (χ0v) is 11.5. The van der Waals surface area contributed by atoms with Crippen LogP contribution in [0.1, 0.15) is 24.0 Å². The Labute approximate surface area is 118 Å². The highest BCUT2D eigenvalue weighted by atomic mass is 35.5. The van der Waals surface area contributed by atoms with Gasteiger partial charge in [-0.2, -0.15) is 0 Å². The molecule has 0 saturated heterocycles. The van der Waals surface area contributed by atoms with E-state index in [0.29, 0.717) is 10.7 Å². The van der Waals surface area contributed by atoms with Gasteiger partial charge in [-0.3, -0.25) is 0 Å². The molecule has 3 N–H and O–H groups in total. The highest BCUT2D eigenvalue weighted by Gasteiger charge is 2.13. The second-order valence-corrected chi connectivity index (χ2v) is 5.42. The van der Waals surface area contributed by atoms with Gasteiger partial charge in [-0.1, -0.05) is 23.7 Å². The summed E-state index contributed by atoms with van der Waals surface area (Å²) in [5.74, 6) is 0. The van der Waals surface area contributed by atoms with E-state index in [-0.39, 0.29) is 0 Å². The van der Waals surface area contributed by atoms with E-state index in [1.807, 2.05) is 12.1 Å². The van der Waals surface area contributed by atoms with Crippen LogP contribution >= 0.6 is 11.6 Å². The van der Waals surface area contributed by atoms with Crippen LogP contribution < -0.4 is 11.1 Å². The molecule has 3 rings (SSSR count). The molecule has 0 aliphatic heterocycles. The van der Waals surface area contributed by atoms with E-state index in [2.05, 4.69) is 23.5 Å². The highest BCUT2D eigenvalue weighted by molar-refractivity contribution is 6.33. The molecule has 2 nitrogen and oxygen atoms in total. The van der Waals surface area contributed by atoms with Gasteiger partial charge in [-0.25, -0.2) is 0 Å². The van der Waals surface area contributed by atoms with Crippen molar-refractivity contribution in [2.75, 3.05) is 11.1 Å². The lowest BCUT2D eigenvalue weighted by atomic mass is 9.90. The highest BCUT2D eigenvalue weighted by Crippen LogP contribution is 2.32. The maximum Gasteiger partial charge on any atom is 0.0661 e. The fourth-order valence-corrected chi connectivity index (χ4v) is 2.91. The molecule has 0 fully saturated rings. The lowest BCUT2D eigenvalue weighted by molar-refractivity contribution is 0.687. The monoisotopic (exact) mass is 272 g/mol. The Bertz CT molecular complexity index is 608. The summed E-state index contributed by atoms with van der Waals surface area (Å²) in [6, 6.07) is 12.0. The van der Waals surface area contributed by atoms with Crippen molar-refractivity contribution in [3.05, 3.63) is 52.5 Å². The molecular weight excluding hydrogens is 256 g/mol. The first-order valence-corrected chi connectivity index (χ1v) is 7.04. The SMILES string of the molecule is Nc1ccc(Nc2cccc3c2CCCC3)c(Cl)c1. The third kappa shape index (κ3) is 2.54. The van der Waals surface area contributed by atoms with E-state index >= 15 is 0 Å². The molecular formula is C16H17ClN2. The first-order chi connectivity index (χ1) is 9.24. The van der Waals surface area contributed by atoms with Gasteiger partial charge in [0.25, 0.3) is 0 Å². The Kier molecular flexibility index (Phi) is 3.34. The number of halogens is 1. The Balaban J connectivity index is 1.95. The molecule has 98 valence electrons. The summed E-state index contributed by atoms with van der Waals surface area (Å²) in [4.78, 5) is 0. The first-order valence-electron chi connectivity index (χ1n) is 6.67. The molecule has 0 bridgehead atoms. The number of nitrogens with one attached hydrogen (secondary N) is 1. The fourth-order valence-electron chi connectivity index (χ4n) is 2.68.